The zero-order valence-electron chi connectivity index (χ0n) is 12.7. The van der Waals surface area contributed by atoms with Gasteiger partial charge in [0.1, 0.15) is 5.75 Å². The predicted octanol–water partition coefficient (Wildman–Crippen LogP) is 5.92. The first-order chi connectivity index (χ1) is 11.6. The summed E-state index contributed by atoms with van der Waals surface area (Å²) in [7, 11) is 0. The molecule has 0 N–H and O–H groups in total. The Morgan fingerprint density at radius 2 is 1.58 bits per heavy atom. The van der Waals surface area contributed by atoms with E-state index in [9.17, 15) is 4.79 Å². The van der Waals surface area contributed by atoms with Gasteiger partial charge in [0.05, 0.1) is 11.4 Å². The van der Waals surface area contributed by atoms with Crippen molar-refractivity contribution in [2.45, 2.75) is 6.42 Å². The van der Waals surface area contributed by atoms with E-state index in [1.807, 2.05) is 42.5 Å². The first kappa shape index (κ1) is 16.7. The van der Waals surface area contributed by atoms with Crippen LogP contribution in [0.5, 0.6) is 5.75 Å². The van der Waals surface area contributed by atoms with Crippen LogP contribution in [0.25, 0.3) is 11.1 Å². The molecule has 3 aromatic rings. The van der Waals surface area contributed by atoms with Gasteiger partial charge in [0.15, 0.2) is 0 Å². The average molecular weight is 402 g/mol. The van der Waals surface area contributed by atoms with Crippen LogP contribution in [-0.2, 0) is 11.2 Å². The van der Waals surface area contributed by atoms with Crippen molar-refractivity contribution in [1.82, 2.24) is 0 Å². The number of carbonyl (C=O) groups excluding carboxylic acids is 1. The van der Waals surface area contributed by atoms with Crippen LogP contribution in [0.2, 0.25) is 5.02 Å². The van der Waals surface area contributed by atoms with E-state index in [0.29, 0.717) is 10.8 Å². The number of benzene rings is 3. The van der Waals surface area contributed by atoms with Crippen molar-refractivity contribution in [1.29, 1.82) is 0 Å². The second-order valence-electron chi connectivity index (χ2n) is 5.29. The highest BCUT2D eigenvalue weighted by molar-refractivity contribution is 9.10. The van der Waals surface area contributed by atoms with Gasteiger partial charge in [0.2, 0.25) is 0 Å². The molecule has 4 heteroatoms. The van der Waals surface area contributed by atoms with Crippen molar-refractivity contribution in [3.8, 4) is 16.9 Å². The first-order valence-electron chi connectivity index (χ1n) is 7.42. The van der Waals surface area contributed by atoms with Gasteiger partial charge in [-0.15, -0.1) is 0 Å². The van der Waals surface area contributed by atoms with E-state index in [1.54, 1.807) is 18.2 Å². The van der Waals surface area contributed by atoms with E-state index < -0.39 is 0 Å². The molecule has 3 aromatic carbocycles. The van der Waals surface area contributed by atoms with Crippen LogP contribution in [0, 0.1) is 0 Å². The molecule has 0 atom stereocenters. The van der Waals surface area contributed by atoms with Gasteiger partial charge in [-0.1, -0.05) is 82.1 Å². The molecule has 0 amide bonds. The number of hydrogen-bond acceptors (Lipinski definition) is 2. The summed E-state index contributed by atoms with van der Waals surface area (Å²) in [6, 6.07) is 23.1. The molecule has 0 spiro atoms. The van der Waals surface area contributed by atoms with Gasteiger partial charge >= 0.3 is 5.97 Å². The fraction of sp³-hybridized carbons (Fsp3) is 0.0500. The van der Waals surface area contributed by atoms with Gasteiger partial charge in [-0.05, 0) is 34.9 Å². The smallest absolute Gasteiger partial charge is 0.315 e. The SMILES string of the molecule is O=C(Cc1ccc(-c2ccccc2)cc1)Oc1ccc(Br)cc1Cl. The summed E-state index contributed by atoms with van der Waals surface area (Å²) < 4.78 is 6.16. The fourth-order valence-electron chi connectivity index (χ4n) is 2.33. The molecule has 0 saturated carbocycles. The fourth-order valence-corrected chi connectivity index (χ4v) is 3.04. The molecular formula is C20H14BrClO2. The van der Waals surface area contributed by atoms with Crippen molar-refractivity contribution in [2.24, 2.45) is 0 Å². The van der Waals surface area contributed by atoms with E-state index in [-0.39, 0.29) is 12.4 Å². The molecule has 0 saturated heterocycles. The van der Waals surface area contributed by atoms with Crippen LogP contribution in [0.1, 0.15) is 5.56 Å². The van der Waals surface area contributed by atoms with Crippen LogP contribution in [0.15, 0.2) is 77.3 Å². The second-order valence-corrected chi connectivity index (χ2v) is 6.61. The molecule has 0 fully saturated rings. The lowest BCUT2D eigenvalue weighted by Crippen LogP contribution is -2.11. The number of hydrogen-bond donors (Lipinski definition) is 0. The minimum absolute atomic E-state index is 0.196. The van der Waals surface area contributed by atoms with Gasteiger partial charge in [-0.25, -0.2) is 0 Å². The normalized spacial score (nSPS) is 10.4. The number of carbonyl (C=O) groups is 1. The summed E-state index contributed by atoms with van der Waals surface area (Å²) in [6.45, 7) is 0. The van der Waals surface area contributed by atoms with E-state index in [1.165, 1.54) is 0 Å². The Labute approximate surface area is 154 Å². The zero-order valence-corrected chi connectivity index (χ0v) is 15.0. The van der Waals surface area contributed by atoms with E-state index in [0.717, 1.165) is 21.2 Å². The Bertz CT molecular complexity index is 845. The van der Waals surface area contributed by atoms with Crippen molar-refractivity contribution in [3.05, 3.63) is 87.9 Å². The molecule has 24 heavy (non-hydrogen) atoms. The van der Waals surface area contributed by atoms with Gasteiger partial charge in [0, 0.05) is 4.47 Å². The standard InChI is InChI=1S/C20H14BrClO2/c21-17-10-11-19(18(22)13-17)24-20(23)12-14-6-8-16(9-7-14)15-4-2-1-3-5-15/h1-11,13H,12H2. The highest BCUT2D eigenvalue weighted by atomic mass is 79.9. The lowest BCUT2D eigenvalue weighted by atomic mass is 10.0. The Hall–Kier alpha value is -2.10. The van der Waals surface area contributed by atoms with Crippen molar-refractivity contribution in [2.75, 3.05) is 0 Å². The van der Waals surface area contributed by atoms with Gasteiger partial charge in [-0.3, -0.25) is 4.79 Å². The summed E-state index contributed by atoms with van der Waals surface area (Å²) in [5, 5.41) is 0.400. The summed E-state index contributed by atoms with van der Waals surface area (Å²) in [4.78, 5) is 12.1. The maximum Gasteiger partial charge on any atom is 0.315 e. The summed E-state index contributed by atoms with van der Waals surface area (Å²) >= 11 is 9.38. The quantitative estimate of drug-likeness (QED) is 0.401. The minimum Gasteiger partial charge on any atom is -0.425 e. The zero-order chi connectivity index (χ0) is 16.9. The maximum absolute atomic E-state index is 12.1. The van der Waals surface area contributed by atoms with Crippen molar-refractivity contribution < 1.29 is 9.53 Å². The molecule has 3 rings (SSSR count). The summed E-state index contributed by atoms with van der Waals surface area (Å²) in [5.41, 5.74) is 3.16. The first-order valence-corrected chi connectivity index (χ1v) is 8.59. The van der Waals surface area contributed by atoms with Crippen LogP contribution in [-0.4, -0.2) is 5.97 Å². The highest BCUT2D eigenvalue weighted by Gasteiger charge is 2.10. The molecule has 2 nitrogen and oxygen atoms in total. The third-order valence-corrected chi connectivity index (χ3v) is 4.32. The molecular weight excluding hydrogens is 388 g/mol. The molecule has 0 aliphatic rings. The van der Waals surface area contributed by atoms with Crippen LogP contribution < -0.4 is 4.74 Å². The Balaban J connectivity index is 1.66. The average Bonchev–Trinajstić information content (AvgIpc) is 2.59. The number of esters is 1. The van der Waals surface area contributed by atoms with E-state index in [4.69, 9.17) is 16.3 Å². The van der Waals surface area contributed by atoms with Gasteiger partial charge in [0.25, 0.3) is 0 Å². The van der Waals surface area contributed by atoms with Gasteiger partial charge in [-0.2, -0.15) is 0 Å². The summed E-state index contributed by atoms with van der Waals surface area (Å²) in [5.74, 6) is 0.0254. The topological polar surface area (TPSA) is 26.3 Å². The molecule has 0 aromatic heterocycles. The van der Waals surface area contributed by atoms with E-state index in [2.05, 4.69) is 28.1 Å². The molecule has 0 radical (unpaired) electrons. The molecule has 0 bridgehead atoms. The number of rotatable bonds is 4. The highest BCUT2D eigenvalue weighted by Crippen LogP contribution is 2.28. The number of ether oxygens (including phenoxy) is 1. The minimum atomic E-state index is -0.341. The molecule has 120 valence electrons. The monoisotopic (exact) mass is 400 g/mol. The lowest BCUT2D eigenvalue weighted by Gasteiger charge is -2.07. The Morgan fingerprint density at radius 1 is 0.917 bits per heavy atom. The second kappa shape index (κ2) is 7.65. The van der Waals surface area contributed by atoms with E-state index >= 15 is 0 Å². The molecule has 0 aliphatic carbocycles. The van der Waals surface area contributed by atoms with Gasteiger partial charge < -0.3 is 4.74 Å². The predicted molar refractivity (Wildman–Crippen MR) is 100 cm³/mol. The maximum atomic E-state index is 12.1. The van der Waals surface area contributed by atoms with Crippen molar-refractivity contribution >= 4 is 33.5 Å². The summed E-state index contributed by atoms with van der Waals surface area (Å²) in [6.07, 6.45) is 0.196. The number of halogens is 2. The largest absolute Gasteiger partial charge is 0.425 e. The van der Waals surface area contributed by atoms with Crippen LogP contribution in [0.4, 0.5) is 0 Å². The third-order valence-electron chi connectivity index (χ3n) is 3.53. The van der Waals surface area contributed by atoms with Crippen LogP contribution in [0.3, 0.4) is 0 Å². The molecule has 0 aliphatic heterocycles. The van der Waals surface area contributed by atoms with Crippen LogP contribution >= 0.6 is 27.5 Å². The molecule has 0 heterocycles. The Kier molecular flexibility index (Phi) is 5.34. The molecule has 0 unspecified atom stereocenters. The Morgan fingerprint density at radius 3 is 2.25 bits per heavy atom. The third kappa shape index (κ3) is 4.25. The van der Waals surface area contributed by atoms with Crippen molar-refractivity contribution in [3.63, 3.8) is 0 Å². The lowest BCUT2D eigenvalue weighted by molar-refractivity contribution is -0.133.